The van der Waals surface area contributed by atoms with Crippen molar-refractivity contribution in [3.05, 3.63) is 16.8 Å². The zero-order valence-corrected chi connectivity index (χ0v) is 14.8. The Bertz CT molecular complexity index is 696. The van der Waals surface area contributed by atoms with Gasteiger partial charge in [-0.15, -0.1) is 11.3 Å². The number of fused-ring (bicyclic) bond motifs is 3. The molecule has 1 amide bonds. The van der Waals surface area contributed by atoms with Crippen molar-refractivity contribution in [2.45, 2.75) is 50.3 Å². The lowest BCUT2D eigenvalue weighted by Crippen LogP contribution is -2.33. The number of hydrogen-bond donors (Lipinski definition) is 1. The van der Waals surface area contributed by atoms with Gasteiger partial charge in [-0.1, -0.05) is 25.6 Å². The third-order valence-corrected chi connectivity index (χ3v) is 6.11. The summed E-state index contributed by atoms with van der Waals surface area (Å²) in [7, 11) is 0. The van der Waals surface area contributed by atoms with Gasteiger partial charge in [-0.2, -0.15) is 0 Å². The maximum atomic E-state index is 12.2. The average Bonchev–Trinajstić information content (AvgIpc) is 3.05. The number of hydrogen-bond acceptors (Lipinski definition) is 5. The average molecular weight is 335 g/mol. The van der Waals surface area contributed by atoms with E-state index in [1.165, 1.54) is 22.2 Å². The molecule has 0 aliphatic heterocycles. The Morgan fingerprint density at radius 2 is 2.18 bits per heavy atom. The maximum Gasteiger partial charge on any atom is 0.233 e. The van der Waals surface area contributed by atoms with Crippen molar-refractivity contribution in [3.63, 3.8) is 0 Å². The Labute approximate surface area is 139 Å². The Morgan fingerprint density at radius 1 is 1.36 bits per heavy atom. The summed E-state index contributed by atoms with van der Waals surface area (Å²) in [5.41, 5.74) is 1.41. The molecule has 0 aromatic carbocycles. The molecule has 6 heteroatoms. The minimum atomic E-state index is -0.145. The molecular formula is C16H21N3OS2. The number of thiophene rings is 1. The first kappa shape index (κ1) is 15.7. The van der Waals surface area contributed by atoms with Crippen LogP contribution < -0.4 is 5.32 Å². The van der Waals surface area contributed by atoms with Crippen LogP contribution in [0.4, 0.5) is 0 Å². The molecule has 1 atom stereocenters. The van der Waals surface area contributed by atoms with E-state index in [0.29, 0.717) is 5.92 Å². The van der Waals surface area contributed by atoms with Crippen LogP contribution in [0.1, 0.15) is 37.6 Å². The first-order valence-corrected chi connectivity index (χ1v) is 9.45. The summed E-state index contributed by atoms with van der Waals surface area (Å²) in [5, 5.41) is 4.99. The van der Waals surface area contributed by atoms with Crippen molar-refractivity contribution in [1.82, 2.24) is 15.3 Å². The fraction of sp³-hybridized carbons (Fsp3) is 0.562. The molecule has 2 heterocycles. The van der Waals surface area contributed by atoms with E-state index < -0.39 is 0 Å². The van der Waals surface area contributed by atoms with Gasteiger partial charge in [0.2, 0.25) is 5.91 Å². The van der Waals surface area contributed by atoms with Crippen LogP contribution in [0.3, 0.4) is 0 Å². The molecule has 3 rings (SSSR count). The molecule has 0 saturated carbocycles. The van der Waals surface area contributed by atoms with E-state index in [1.807, 2.05) is 6.92 Å². The van der Waals surface area contributed by atoms with E-state index >= 15 is 0 Å². The van der Waals surface area contributed by atoms with Crippen LogP contribution >= 0.6 is 23.1 Å². The lowest BCUT2D eigenvalue weighted by Gasteiger charge is -2.13. The Kier molecular flexibility index (Phi) is 4.68. The van der Waals surface area contributed by atoms with Crippen LogP contribution in [-0.2, 0) is 17.6 Å². The SMILES string of the molecule is CC(C)CNC(=O)[C@@H](C)Sc1ncnc2sc3c(c12)CCC3. The molecular weight excluding hydrogens is 314 g/mol. The highest BCUT2D eigenvalue weighted by atomic mass is 32.2. The summed E-state index contributed by atoms with van der Waals surface area (Å²) in [6, 6.07) is 0. The topological polar surface area (TPSA) is 54.9 Å². The number of nitrogens with one attached hydrogen (secondary N) is 1. The standard InChI is InChI=1S/C16H21N3OS2/c1-9(2)7-17-14(20)10(3)21-15-13-11-5-4-6-12(11)22-16(13)19-8-18-15/h8-10H,4-7H2,1-3H3,(H,17,20)/t10-/m1/s1. The highest BCUT2D eigenvalue weighted by Gasteiger charge is 2.23. The summed E-state index contributed by atoms with van der Waals surface area (Å²) in [4.78, 5) is 23.6. The van der Waals surface area contributed by atoms with Gasteiger partial charge >= 0.3 is 0 Å². The third kappa shape index (κ3) is 3.13. The third-order valence-electron chi connectivity index (χ3n) is 3.81. The molecule has 1 N–H and O–H groups in total. The normalized spacial score (nSPS) is 15.3. The number of nitrogens with zero attached hydrogens (tertiary/aromatic N) is 2. The molecule has 0 unspecified atom stereocenters. The molecule has 22 heavy (non-hydrogen) atoms. The van der Waals surface area contributed by atoms with E-state index in [-0.39, 0.29) is 11.2 Å². The lowest BCUT2D eigenvalue weighted by atomic mass is 10.2. The van der Waals surface area contributed by atoms with E-state index in [1.54, 1.807) is 29.4 Å². The number of amides is 1. The van der Waals surface area contributed by atoms with E-state index in [0.717, 1.165) is 29.2 Å². The molecule has 0 bridgehead atoms. The van der Waals surface area contributed by atoms with E-state index in [4.69, 9.17) is 0 Å². The predicted molar refractivity (Wildman–Crippen MR) is 92.6 cm³/mol. The van der Waals surface area contributed by atoms with Gasteiger partial charge in [0.15, 0.2) is 0 Å². The van der Waals surface area contributed by atoms with Gasteiger partial charge in [0.05, 0.1) is 5.25 Å². The number of rotatable bonds is 5. The highest BCUT2D eigenvalue weighted by molar-refractivity contribution is 8.00. The molecule has 2 aromatic rings. The van der Waals surface area contributed by atoms with Crippen LogP contribution in [0.2, 0.25) is 0 Å². The first-order chi connectivity index (χ1) is 10.6. The Morgan fingerprint density at radius 3 is 2.95 bits per heavy atom. The minimum absolute atomic E-state index is 0.0809. The van der Waals surface area contributed by atoms with Crippen LogP contribution in [0.15, 0.2) is 11.4 Å². The summed E-state index contributed by atoms with van der Waals surface area (Å²) in [6.07, 6.45) is 5.12. The minimum Gasteiger partial charge on any atom is -0.355 e. The van der Waals surface area contributed by atoms with Crippen LogP contribution in [0, 0.1) is 5.92 Å². The smallest absolute Gasteiger partial charge is 0.233 e. The van der Waals surface area contributed by atoms with Gasteiger partial charge < -0.3 is 5.32 Å². The Balaban J connectivity index is 1.80. The van der Waals surface area contributed by atoms with Crippen LogP contribution in [0.5, 0.6) is 0 Å². The lowest BCUT2D eigenvalue weighted by molar-refractivity contribution is -0.120. The number of carbonyl (C=O) groups is 1. The summed E-state index contributed by atoms with van der Waals surface area (Å²) < 4.78 is 0. The van der Waals surface area contributed by atoms with Crippen molar-refractivity contribution in [1.29, 1.82) is 0 Å². The monoisotopic (exact) mass is 335 g/mol. The second-order valence-corrected chi connectivity index (χ2v) is 8.53. The largest absolute Gasteiger partial charge is 0.355 e. The highest BCUT2D eigenvalue weighted by Crippen LogP contribution is 2.40. The van der Waals surface area contributed by atoms with Crippen LogP contribution in [0.25, 0.3) is 10.2 Å². The van der Waals surface area contributed by atoms with Crippen LogP contribution in [-0.4, -0.2) is 27.7 Å². The predicted octanol–water partition coefficient (Wildman–Crippen LogP) is 3.43. The van der Waals surface area contributed by atoms with E-state index in [9.17, 15) is 4.79 Å². The second kappa shape index (κ2) is 6.54. The van der Waals surface area contributed by atoms with Crippen molar-refractivity contribution < 1.29 is 4.79 Å². The maximum absolute atomic E-state index is 12.2. The van der Waals surface area contributed by atoms with Crippen molar-refractivity contribution in [2.75, 3.05) is 6.54 Å². The summed E-state index contributed by atoms with van der Waals surface area (Å²) in [6.45, 7) is 6.86. The van der Waals surface area contributed by atoms with Gasteiger partial charge in [0.25, 0.3) is 0 Å². The molecule has 1 aliphatic rings. The molecule has 2 aromatic heterocycles. The van der Waals surface area contributed by atoms with Gasteiger partial charge in [0.1, 0.15) is 16.2 Å². The first-order valence-electron chi connectivity index (χ1n) is 7.76. The molecule has 0 saturated heterocycles. The molecule has 0 fully saturated rings. The second-order valence-electron chi connectivity index (χ2n) is 6.12. The fourth-order valence-electron chi connectivity index (χ4n) is 2.66. The zero-order valence-electron chi connectivity index (χ0n) is 13.2. The van der Waals surface area contributed by atoms with Gasteiger partial charge in [-0.25, -0.2) is 9.97 Å². The van der Waals surface area contributed by atoms with Crippen molar-refractivity contribution >= 4 is 39.2 Å². The van der Waals surface area contributed by atoms with Crippen molar-refractivity contribution in [2.24, 2.45) is 5.92 Å². The quantitative estimate of drug-likeness (QED) is 0.672. The van der Waals surface area contributed by atoms with Gasteiger partial charge in [-0.3, -0.25) is 4.79 Å². The molecule has 0 radical (unpaired) electrons. The van der Waals surface area contributed by atoms with Gasteiger partial charge in [-0.05, 0) is 37.7 Å². The number of thioether (sulfide) groups is 1. The molecule has 0 spiro atoms. The Hall–Kier alpha value is -1.14. The van der Waals surface area contributed by atoms with Crippen molar-refractivity contribution in [3.8, 4) is 0 Å². The number of aryl methyl sites for hydroxylation is 2. The molecule has 1 aliphatic carbocycles. The van der Waals surface area contributed by atoms with E-state index in [2.05, 4.69) is 29.1 Å². The number of carbonyl (C=O) groups excluding carboxylic acids is 1. The number of aromatic nitrogens is 2. The zero-order chi connectivity index (χ0) is 15.7. The summed E-state index contributed by atoms with van der Waals surface area (Å²) in [5.74, 6) is 0.546. The fourth-order valence-corrected chi connectivity index (χ4v) is 4.92. The van der Waals surface area contributed by atoms with Gasteiger partial charge in [0, 0.05) is 16.8 Å². The summed E-state index contributed by atoms with van der Waals surface area (Å²) >= 11 is 3.33. The molecule has 118 valence electrons. The molecule has 4 nitrogen and oxygen atoms in total.